The highest BCUT2D eigenvalue weighted by Gasteiger charge is 2.42. The Kier molecular flexibility index (Phi) is 4.87. The van der Waals surface area contributed by atoms with E-state index in [0.717, 1.165) is 19.0 Å². The lowest BCUT2D eigenvalue weighted by Crippen LogP contribution is -2.36. The molecule has 0 fully saturated rings. The van der Waals surface area contributed by atoms with Crippen LogP contribution in [0.15, 0.2) is 35.4 Å². The zero-order valence-corrected chi connectivity index (χ0v) is 16.0. The Labute approximate surface area is 137 Å². The third-order valence-corrected chi connectivity index (χ3v) is 6.94. The van der Waals surface area contributed by atoms with Gasteiger partial charge in [0.05, 0.1) is 0 Å². The Bertz CT molecular complexity index is 512. The van der Waals surface area contributed by atoms with Crippen LogP contribution in [-0.2, 0) is 0 Å². The van der Waals surface area contributed by atoms with Crippen LogP contribution in [0.3, 0.4) is 0 Å². The first-order valence-corrected chi connectivity index (χ1v) is 9.41. The van der Waals surface area contributed by atoms with Crippen molar-refractivity contribution in [3.63, 3.8) is 0 Å². The van der Waals surface area contributed by atoms with Crippen molar-refractivity contribution in [2.24, 2.45) is 5.10 Å². The van der Waals surface area contributed by atoms with Crippen molar-refractivity contribution in [3.8, 4) is 0 Å². The maximum Gasteiger partial charge on any atom is 0.157 e. The monoisotopic (exact) mass is 319 g/mol. The molecular weight excluding hydrogens is 289 g/mol. The number of hydrazone groups is 1. The van der Waals surface area contributed by atoms with E-state index in [1.54, 1.807) is 0 Å². The third kappa shape index (κ3) is 3.63. The molecule has 0 saturated heterocycles. The van der Waals surface area contributed by atoms with Crippen LogP contribution in [-0.4, -0.2) is 39.0 Å². The molecule has 1 aromatic carbocycles. The standard InChI is InChI=1S/C18H30N3P/c1-8-20-14-21(22(17(2,3)4)18(5,6)7)19-16(20)15-12-10-9-11-13-15/h9-13H,8,14H2,1-7H3. The maximum atomic E-state index is 5.05. The Hall–Kier alpha value is -1.08. The molecule has 22 heavy (non-hydrogen) atoms. The summed E-state index contributed by atoms with van der Waals surface area (Å²) in [6, 6.07) is 10.5. The second-order valence-electron chi connectivity index (χ2n) is 7.81. The minimum atomic E-state index is -0.389. The van der Waals surface area contributed by atoms with E-state index in [0.29, 0.717) is 0 Å². The predicted octanol–water partition coefficient (Wildman–Crippen LogP) is 4.94. The van der Waals surface area contributed by atoms with Gasteiger partial charge in [-0.15, -0.1) is 0 Å². The van der Waals surface area contributed by atoms with Crippen molar-refractivity contribution in [2.45, 2.75) is 58.8 Å². The van der Waals surface area contributed by atoms with Gasteiger partial charge in [-0.25, -0.2) is 0 Å². The lowest BCUT2D eigenvalue weighted by atomic mass is 10.2. The van der Waals surface area contributed by atoms with E-state index in [2.05, 4.69) is 88.5 Å². The topological polar surface area (TPSA) is 18.8 Å². The fraction of sp³-hybridized carbons (Fsp3) is 0.611. The molecule has 0 unspecified atom stereocenters. The number of hydrogen-bond donors (Lipinski definition) is 0. The first-order chi connectivity index (χ1) is 10.1. The number of amidine groups is 1. The summed E-state index contributed by atoms with van der Waals surface area (Å²) in [6.45, 7) is 18.2. The van der Waals surface area contributed by atoms with Crippen LogP contribution < -0.4 is 0 Å². The second-order valence-corrected chi connectivity index (χ2v) is 11.6. The van der Waals surface area contributed by atoms with E-state index in [-0.39, 0.29) is 18.4 Å². The number of benzene rings is 1. The summed E-state index contributed by atoms with van der Waals surface area (Å²) >= 11 is 0. The molecule has 0 atom stereocenters. The van der Waals surface area contributed by atoms with Crippen molar-refractivity contribution < 1.29 is 0 Å². The van der Waals surface area contributed by atoms with E-state index < -0.39 is 0 Å². The summed E-state index contributed by atoms with van der Waals surface area (Å²) < 4.78 is 2.36. The van der Waals surface area contributed by atoms with E-state index in [1.807, 2.05) is 0 Å². The van der Waals surface area contributed by atoms with Crippen molar-refractivity contribution in [1.82, 2.24) is 9.68 Å². The van der Waals surface area contributed by atoms with Crippen molar-refractivity contribution in [1.29, 1.82) is 0 Å². The van der Waals surface area contributed by atoms with E-state index in [9.17, 15) is 0 Å². The highest BCUT2D eigenvalue weighted by atomic mass is 31.1. The SMILES string of the molecule is CCN1CN(P(C(C)(C)C)C(C)(C)C)N=C1c1ccccc1. The fourth-order valence-electron chi connectivity index (χ4n) is 3.31. The molecule has 1 aliphatic rings. The van der Waals surface area contributed by atoms with Crippen molar-refractivity contribution in [3.05, 3.63) is 35.9 Å². The normalized spacial score (nSPS) is 16.5. The van der Waals surface area contributed by atoms with Crippen molar-refractivity contribution >= 4 is 13.9 Å². The summed E-state index contributed by atoms with van der Waals surface area (Å²) in [5.74, 6) is 1.11. The molecule has 0 saturated carbocycles. The summed E-state index contributed by atoms with van der Waals surface area (Å²) in [5.41, 5.74) is 1.21. The quantitative estimate of drug-likeness (QED) is 0.735. The molecule has 1 aliphatic heterocycles. The minimum absolute atomic E-state index is 0.239. The van der Waals surface area contributed by atoms with Crippen LogP contribution in [0, 0.1) is 0 Å². The van der Waals surface area contributed by atoms with Crippen LogP contribution in [0.1, 0.15) is 54.0 Å². The van der Waals surface area contributed by atoms with Gasteiger partial charge in [-0.2, -0.15) is 5.10 Å². The zero-order valence-electron chi connectivity index (χ0n) is 15.1. The highest BCUT2D eigenvalue weighted by Crippen LogP contribution is 2.62. The largest absolute Gasteiger partial charge is 0.335 e. The molecule has 4 heteroatoms. The molecule has 3 nitrogen and oxygen atoms in total. The molecule has 0 N–H and O–H groups in total. The van der Waals surface area contributed by atoms with Crippen LogP contribution in [0.2, 0.25) is 0 Å². The Morgan fingerprint density at radius 3 is 2.00 bits per heavy atom. The molecule has 0 bridgehead atoms. The summed E-state index contributed by atoms with van der Waals surface area (Å²) in [7, 11) is -0.389. The molecule has 0 radical (unpaired) electrons. The van der Waals surface area contributed by atoms with Gasteiger partial charge < -0.3 is 4.90 Å². The maximum absolute atomic E-state index is 5.05. The van der Waals surface area contributed by atoms with Gasteiger partial charge >= 0.3 is 0 Å². The van der Waals surface area contributed by atoms with Gasteiger partial charge in [0, 0.05) is 30.5 Å². The first kappa shape index (κ1) is 17.3. The van der Waals surface area contributed by atoms with E-state index >= 15 is 0 Å². The second kappa shape index (κ2) is 6.20. The lowest BCUT2D eigenvalue weighted by molar-refractivity contribution is 0.347. The van der Waals surface area contributed by atoms with Crippen LogP contribution in [0.25, 0.3) is 0 Å². The molecule has 0 spiro atoms. The third-order valence-electron chi connectivity index (χ3n) is 3.72. The lowest BCUT2D eigenvalue weighted by Gasteiger charge is -2.45. The molecule has 2 rings (SSSR count). The molecule has 0 aromatic heterocycles. The minimum Gasteiger partial charge on any atom is -0.335 e. The van der Waals surface area contributed by atoms with Gasteiger partial charge in [-0.1, -0.05) is 71.9 Å². The van der Waals surface area contributed by atoms with Gasteiger partial charge in [-0.3, -0.25) is 4.78 Å². The molecular formula is C18H30N3P. The fourth-order valence-corrected chi connectivity index (χ4v) is 7.16. The van der Waals surface area contributed by atoms with Crippen LogP contribution in [0.5, 0.6) is 0 Å². The average Bonchev–Trinajstić information content (AvgIpc) is 2.79. The Morgan fingerprint density at radius 1 is 1.00 bits per heavy atom. The summed E-state index contributed by atoms with van der Waals surface area (Å²) in [5, 5.41) is 5.53. The van der Waals surface area contributed by atoms with Crippen molar-refractivity contribution in [2.75, 3.05) is 13.2 Å². The summed E-state index contributed by atoms with van der Waals surface area (Å²) in [6.07, 6.45) is 0. The Balaban J connectivity index is 2.39. The number of hydrogen-bond acceptors (Lipinski definition) is 3. The predicted molar refractivity (Wildman–Crippen MR) is 98.5 cm³/mol. The first-order valence-electron chi connectivity index (χ1n) is 8.11. The molecule has 122 valence electrons. The molecule has 1 aromatic rings. The number of nitrogens with zero attached hydrogens (tertiary/aromatic N) is 3. The Morgan fingerprint density at radius 2 is 1.55 bits per heavy atom. The van der Waals surface area contributed by atoms with Gasteiger partial charge in [0.1, 0.15) is 6.67 Å². The zero-order chi connectivity index (χ0) is 16.5. The molecule has 1 heterocycles. The van der Waals surface area contributed by atoms with E-state index in [1.165, 1.54) is 5.56 Å². The van der Waals surface area contributed by atoms with Gasteiger partial charge in [0.2, 0.25) is 0 Å². The summed E-state index contributed by atoms with van der Waals surface area (Å²) in [4.78, 5) is 2.38. The number of rotatable bonds is 3. The highest BCUT2D eigenvalue weighted by molar-refractivity contribution is 7.58. The van der Waals surface area contributed by atoms with Crippen LogP contribution in [0.4, 0.5) is 0 Å². The van der Waals surface area contributed by atoms with Gasteiger partial charge in [-0.05, 0) is 6.92 Å². The van der Waals surface area contributed by atoms with Gasteiger partial charge in [0.25, 0.3) is 0 Å². The molecule has 0 aliphatic carbocycles. The average molecular weight is 319 g/mol. The van der Waals surface area contributed by atoms with E-state index in [4.69, 9.17) is 5.10 Å². The smallest absolute Gasteiger partial charge is 0.157 e. The van der Waals surface area contributed by atoms with Gasteiger partial charge in [0.15, 0.2) is 5.84 Å². The molecule has 0 amide bonds. The van der Waals surface area contributed by atoms with Crippen LogP contribution >= 0.6 is 8.07 Å².